The second-order valence-corrected chi connectivity index (χ2v) is 6.64. The summed E-state index contributed by atoms with van der Waals surface area (Å²) in [6, 6.07) is 6.98. The summed E-state index contributed by atoms with van der Waals surface area (Å²) >= 11 is 0. The molecule has 0 heterocycles. The molecule has 0 atom stereocenters. The van der Waals surface area contributed by atoms with E-state index in [2.05, 4.69) is 6.92 Å². The first kappa shape index (κ1) is 22.0. The van der Waals surface area contributed by atoms with Crippen molar-refractivity contribution in [3.05, 3.63) is 24.3 Å². The fourth-order valence-electron chi connectivity index (χ4n) is 2.65. The zero-order chi connectivity index (χ0) is 19.6. The van der Waals surface area contributed by atoms with Gasteiger partial charge in [-0.15, -0.1) is 0 Å². The number of carbonyl (C=O) groups excluding carboxylic acids is 2. The molecule has 0 radical (unpaired) electrons. The number of rotatable bonds is 11. The molecular weight excluding hydrogens is 332 g/mol. The van der Waals surface area contributed by atoms with Crippen LogP contribution in [0.4, 0.5) is 0 Å². The van der Waals surface area contributed by atoms with E-state index in [1.54, 1.807) is 32.0 Å². The molecule has 0 fully saturated rings. The standard InChI is InChI=1S/C21H32O5/c1-6-9-12-15-24-19(22)21(7-2,8-3)20(23)26-18-14-11-10-13-17(18)25-16(4)5/h10-11,13-14,16H,6-9,12,15H2,1-5H3. The molecule has 1 aromatic rings. The molecule has 0 saturated heterocycles. The fraction of sp³-hybridized carbons (Fsp3) is 0.619. The largest absolute Gasteiger partial charge is 0.487 e. The highest BCUT2D eigenvalue weighted by molar-refractivity contribution is 6.00. The van der Waals surface area contributed by atoms with Gasteiger partial charge in [-0.1, -0.05) is 45.7 Å². The third-order valence-electron chi connectivity index (χ3n) is 4.38. The van der Waals surface area contributed by atoms with Crippen LogP contribution in [0.15, 0.2) is 24.3 Å². The number of hydrogen-bond acceptors (Lipinski definition) is 5. The topological polar surface area (TPSA) is 61.8 Å². The van der Waals surface area contributed by atoms with Crippen molar-refractivity contribution in [1.82, 2.24) is 0 Å². The molecule has 0 aliphatic heterocycles. The summed E-state index contributed by atoms with van der Waals surface area (Å²) in [5.41, 5.74) is -1.29. The van der Waals surface area contributed by atoms with Gasteiger partial charge in [0.1, 0.15) is 0 Å². The summed E-state index contributed by atoms with van der Waals surface area (Å²) in [6.45, 7) is 9.81. The Morgan fingerprint density at radius 1 is 0.962 bits per heavy atom. The molecule has 5 nitrogen and oxygen atoms in total. The maximum atomic E-state index is 12.9. The Hall–Kier alpha value is -2.04. The van der Waals surface area contributed by atoms with Gasteiger partial charge < -0.3 is 14.2 Å². The van der Waals surface area contributed by atoms with Gasteiger partial charge in [0.15, 0.2) is 16.9 Å². The molecule has 146 valence electrons. The van der Waals surface area contributed by atoms with Gasteiger partial charge in [0, 0.05) is 0 Å². The van der Waals surface area contributed by atoms with Gasteiger partial charge in [0.2, 0.25) is 0 Å². The third kappa shape index (κ3) is 5.75. The molecule has 0 amide bonds. The molecule has 0 aliphatic carbocycles. The van der Waals surface area contributed by atoms with Crippen LogP contribution in [0.5, 0.6) is 11.5 Å². The molecule has 0 aromatic heterocycles. The van der Waals surface area contributed by atoms with E-state index in [4.69, 9.17) is 14.2 Å². The van der Waals surface area contributed by atoms with Crippen LogP contribution in [0, 0.1) is 5.41 Å². The number of benzene rings is 1. The van der Waals surface area contributed by atoms with Crippen molar-refractivity contribution in [2.75, 3.05) is 6.61 Å². The number of hydrogen-bond donors (Lipinski definition) is 0. The van der Waals surface area contributed by atoms with E-state index >= 15 is 0 Å². The van der Waals surface area contributed by atoms with Gasteiger partial charge in [-0.25, -0.2) is 0 Å². The van der Waals surface area contributed by atoms with Crippen molar-refractivity contribution < 1.29 is 23.8 Å². The van der Waals surface area contributed by atoms with Crippen LogP contribution >= 0.6 is 0 Å². The first-order valence-electron chi connectivity index (χ1n) is 9.56. The van der Waals surface area contributed by atoms with Crippen LogP contribution < -0.4 is 9.47 Å². The van der Waals surface area contributed by atoms with Crippen LogP contribution in [0.1, 0.15) is 66.7 Å². The Kier molecular flexibility index (Phi) is 9.17. The molecular formula is C21H32O5. The van der Waals surface area contributed by atoms with E-state index in [9.17, 15) is 9.59 Å². The molecule has 0 saturated carbocycles. The zero-order valence-electron chi connectivity index (χ0n) is 16.7. The van der Waals surface area contributed by atoms with Crippen molar-refractivity contribution in [3.63, 3.8) is 0 Å². The summed E-state index contributed by atoms with van der Waals surface area (Å²) in [5, 5.41) is 0. The average molecular weight is 364 g/mol. The molecule has 0 bridgehead atoms. The SMILES string of the molecule is CCCCCOC(=O)C(CC)(CC)C(=O)Oc1ccccc1OC(C)C. The smallest absolute Gasteiger partial charge is 0.328 e. The molecule has 0 N–H and O–H groups in total. The van der Waals surface area contributed by atoms with Crippen molar-refractivity contribution in [3.8, 4) is 11.5 Å². The predicted molar refractivity (Wildman–Crippen MR) is 101 cm³/mol. The number of ether oxygens (including phenoxy) is 3. The van der Waals surface area contributed by atoms with E-state index in [0.29, 0.717) is 30.9 Å². The summed E-state index contributed by atoms with van der Waals surface area (Å²) in [7, 11) is 0. The van der Waals surface area contributed by atoms with Crippen LogP contribution in [-0.4, -0.2) is 24.6 Å². The van der Waals surface area contributed by atoms with E-state index in [-0.39, 0.29) is 6.10 Å². The van der Waals surface area contributed by atoms with Crippen LogP contribution in [0.3, 0.4) is 0 Å². The Morgan fingerprint density at radius 3 is 2.12 bits per heavy atom. The Morgan fingerprint density at radius 2 is 1.58 bits per heavy atom. The molecule has 0 aliphatic rings. The quantitative estimate of drug-likeness (QED) is 0.241. The first-order chi connectivity index (χ1) is 12.4. The van der Waals surface area contributed by atoms with E-state index < -0.39 is 17.4 Å². The highest BCUT2D eigenvalue weighted by Gasteiger charge is 2.46. The average Bonchev–Trinajstić information content (AvgIpc) is 2.61. The fourth-order valence-corrected chi connectivity index (χ4v) is 2.65. The van der Waals surface area contributed by atoms with Crippen molar-refractivity contribution >= 4 is 11.9 Å². The highest BCUT2D eigenvalue weighted by Crippen LogP contribution is 2.34. The Balaban J connectivity index is 2.93. The molecule has 1 aromatic carbocycles. The number of unbranched alkanes of at least 4 members (excludes halogenated alkanes) is 2. The Labute approximate surface area is 157 Å². The first-order valence-corrected chi connectivity index (χ1v) is 9.56. The summed E-state index contributed by atoms with van der Waals surface area (Å²) in [4.78, 5) is 25.5. The van der Waals surface area contributed by atoms with Gasteiger partial charge in [-0.05, 0) is 45.2 Å². The van der Waals surface area contributed by atoms with Crippen molar-refractivity contribution in [2.24, 2.45) is 5.41 Å². The van der Waals surface area contributed by atoms with Crippen molar-refractivity contribution in [2.45, 2.75) is 72.8 Å². The maximum Gasteiger partial charge on any atom is 0.328 e. The number of para-hydroxylation sites is 2. The second-order valence-electron chi connectivity index (χ2n) is 6.64. The number of esters is 2. The van der Waals surface area contributed by atoms with Gasteiger partial charge in [-0.3, -0.25) is 9.59 Å². The van der Waals surface area contributed by atoms with Crippen molar-refractivity contribution in [1.29, 1.82) is 0 Å². The minimum atomic E-state index is -1.29. The van der Waals surface area contributed by atoms with Gasteiger partial charge in [0.25, 0.3) is 0 Å². The maximum absolute atomic E-state index is 12.9. The lowest BCUT2D eigenvalue weighted by Crippen LogP contribution is -2.42. The summed E-state index contributed by atoms with van der Waals surface area (Å²) < 4.78 is 16.6. The second kappa shape index (κ2) is 10.8. The molecule has 0 spiro atoms. The third-order valence-corrected chi connectivity index (χ3v) is 4.38. The minimum absolute atomic E-state index is 0.0551. The van der Waals surface area contributed by atoms with Gasteiger partial charge in [-0.2, -0.15) is 0 Å². The van der Waals surface area contributed by atoms with Gasteiger partial charge in [0.05, 0.1) is 12.7 Å². The normalized spacial score (nSPS) is 11.3. The lowest BCUT2D eigenvalue weighted by atomic mass is 9.82. The summed E-state index contributed by atoms with van der Waals surface area (Å²) in [5.74, 6) is -0.307. The van der Waals surface area contributed by atoms with Crippen LogP contribution in [0.25, 0.3) is 0 Å². The minimum Gasteiger partial charge on any atom is -0.487 e. The summed E-state index contributed by atoms with van der Waals surface area (Å²) in [6.07, 6.45) is 3.42. The number of carbonyl (C=O) groups is 2. The zero-order valence-corrected chi connectivity index (χ0v) is 16.7. The van der Waals surface area contributed by atoms with Crippen LogP contribution in [0.2, 0.25) is 0 Å². The Bertz CT molecular complexity index is 576. The monoisotopic (exact) mass is 364 g/mol. The van der Waals surface area contributed by atoms with E-state index in [0.717, 1.165) is 19.3 Å². The molecule has 0 unspecified atom stereocenters. The van der Waals surface area contributed by atoms with E-state index in [1.807, 2.05) is 19.9 Å². The predicted octanol–water partition coefficient (Wildman–Crippen LogP) is 4.92. The van der Waals surface area contributed by atoms with Gasteiger partial charge >= 0.3 is 11.9 Å². The lowest BCUT2D eigenvalue weighted by molar-refractivity contribution is -0.168. The lowest BCUT2D eigenvalue weighted by Gasteiger charge is -2.27. The highest BCUT2D eigenvalue weighted by atomic mass is 16.6. The molecule has 5 heteroatoms. The molecule has 1 rings (SSSR count). The van der Waals surface area contributed by atoms with E-state index in [1.165, 1.54) is 0 Å². The van der Waals surface area contributed by atoms with Crippen LogP contribution in [-0.2, 0) is 14.3 Å². The molecule has 26 heavy (non-hydrogen) atoms.